The number of fused-ring (bicyclic) bond motifs is 1. The first-order valence-corrected chi connectivity index (χ1v) is 7.19. The third-order valence-corrected chi connectivity index (χ3v) is 4.67. The molecule has 1 aromatic carbocycles. The van der Waals surface area contributed by atoms with Gasteiger partial charge in [0.15, 0.2) is 0 Å². The van der Waals surface area contributed by atoms with Crippen LogP contribution < -0.4 is 0 Å². The average molecular weight is 312 g/mol. The number of carbonyl (C=O) groups excluding carboxylic acids is 1. The first-order valence-electron chi connectivity index (χ1n) is 6.39. The largest absolute Gasteiger partial charge is 0.338 e. The Morgan fingerprint density at radius 1 is 1.28 bits per heavy atom. The normalized spacial score (nSPS) is 26.4. The molecule has 0 aromatic heterocycles. The van der Waals surface area contributed by atoms with Crippen LogP contribution in [-0.4, -0.2) is 23.9 Å². The highest BCUT2D eigenvalue weighted by atomic mass is 79.9. The van der Waals surface area contributed by atoms with Crippen LogP contribution in [-0.2, 0) is 0 Å². The van der Waals surface area contributed by atoms with Gasteiger partial charge in [-0.15, -0.1) is 0 Å². The maximum Gasteiger partial charge on any atom is 0.256 e. The molecular weight excluding hydrogens is 297 g/mol. The van der Waals surface area contributed by atoms with Crippen LogP contribution in [0, 0.1) is 17.7 Å². The molecule has 1 heterocycles. The molecule has 18 heavy (non-hydrogen) atoms. The second kappa shape index (κ2) is 4.65. The molecule has 96 valence electrons. The van der Waals surface area contributed by atoms with E-state index >= 15 is 0 Å². The predicted molar refractivity (Wildman–Crippen MR) is 70.8 cm³/mol. The summed E-state index contributed by atoms with van der Waals surface area (Å²) in [7, 11) is 0. The Labute approximate surface area is 114 Å². The summed E-state index contributed by atoms with van der Waals surface area (Å²) in [6, 6.07) is 4.63. The minimum atomic E-state index is -0.438. The Morgan fingerprint density at radius 3 is 2.56 bits per heavy atom. The van der Waals surface area contributed by atoms with Gasteiger partial charge in [-0.1, -0.05) is 22.4 Å². The molecule has 2 atom stereocenters. The molecule has 2 nitrogen and oxygen atoms in total. The number of rotatable bonds is 1. The van der Waals surface area contributed by atoms with Gasteiger partial charge in [-0.05, 0) is 42.9 Å². The molecule has 0 radical (unpaired) electrons. The van der Waals surface area contributed by atoms with Gasteiger partial charge in [-0.3, -0.25) is 4.79 Å². The van der Waals surface area contributed by atoms with Crippen molar-refractivity contribution in [2.45, 2.75) is 19.3 Å². The van der Waals surface area contributed by atoms with Crippen molar-refractivity contribution in [3.8, 4) is 0 Å². The molecule has 0 spiro atoms. The quantitative estimate of drug-likeness (QED) is 0.778. The van der Waals surface area contributed by atoms with Gasteiger partial charge in [0.05, 0.1) is 5.56 Å². The van der Waals surface area contributed by atoms with Crippen molar-refractivity contribution >= 4 is 21.8 Å². The van der Waals surface area contributed by atoms with Crippen LogP contribution in [0.1, 0.15) is 29.6 Å². The van der Waals surface area contributed by atoms with E-state index in [1.54, 1.807) is 12.1 Å². The minimum absolute atomic E-state index is 0.158. The van der Waals surface area contributed by atoms with E-state index in [0.29, 0.717) is 16.3 Å². The lowest BCUT2D eigenvalue weighted by molar-refractivity contribution is 0.0776. The third kappa shape index (κ3) is 2.07. The average Bonchev–Trinajstić information content (AvgIpc) is 2.87. The van der Waals surface area contributed by atoms with Crippen molar-refractivity contribution in [1.82, 2.24) is 4.90 Å². The van der Waals surface area contributed by atoms with Crippen LogP contribution in [0.15, 0.2) is 22.7 Å². The molecule has 3 rings (SSSR count). The molecule has 1 aliphatic heterocycles. The Morgan fingerprint density at radius 2 is 1.94 bits per heavy atom. The van der Waals surface area contributed by atoms with E-state index in [4.69, 9.17) is 0 Å². The van der Waals surface area contributed by atoms with Crippen LogP contribution >= 0.6 is 15.9 Å². The molecule has 1 saturated carbocycles. The summed E-state index contributed by atoms with van der Waals surface area (Å²) in [4.78, 5) is 14.1. The van der Waals surface area contributed by atoms with E-state index in [1.165, 1.54) is 25.3 Å². The van der Waals surface area contributed by atoms with Crippen LogP contribution in [0.25, 0.3) is 0 Å². The van der Waals surface area contributed by atoms with Crippen molar-refractivity contribution in [2.24, 2.45) is 11.8 Å². The number of benzene rings is 1. The second-order valence-electron chi connectivity index (χ2n) is 5.29. The standard InChI is InChI=1S/C14H15BrFNO/c15-11-4-5-12(13(16)6-11)14(18)17-7-9-2-1-3-10(9)8-17/h4-6,9-10H,1-3,7-8H2. The van der Waals surface area contributed by atoms with Gasteiger partial charge in [-0.2, -0.15) is 0 Å². The zero-order valence-electron chi connectivity index (χ0n) is 10.0. The third-order valence-electron chi connectivity index (χ3n) is 4.18. The van der Waals surface area contributed by atoms with Gasteiger partial charge in [0.25, 0.3) is 5.91 Å². The molecule has 4 heteroatoms. The van der Waals surface area contributed by atoms with E-state index in [0.717, 1.165) is 13.1 Å². The number of halogens is 2. The molecule has 2 unspecified atom stereocenters. The minimum Gasteiger partial charge on any atom is -0.338 e. The zero-order valence-corrected chi connectivity index (χ0v) is 11.6. The maximum absolute atomic E-state index is 13.8. The van der Waals surface area contributed by atoms with Gasteiger partial charge in [0.2, 0.25) is 0 Å². The van der Waals surface area contributed by atoms with E-state index in [9.17, 15) is 9.18 Å². The van der Waals surface area contributed by atoms with Crippen molar-refractivity contribution in [2.75, 3.05) is 13.1 Å². The van der Waals surface area contributed by atoms with Gasteiger partial charge >= 0.3 is 0 Å². The van der Waals surface area contributed by atoms with Gasteiger partial charge < -0.3 is 4.90 Å². The second-order valence-corrected chi connectivity index (χ2v) is 6.20. The molecular formula is C14H15BrFNO. The van der Waals surface area contributed by atoms with Gasteiger partial charge in [0.1, 0.15) is 5.82 Å². The number of hydrogen-bond donors (Lipinski definition) is 0. The van der Waals surface area contributed by atoms with Gasteiger partial charge in [0, 0.05) is 17.6 Å². The Balaban J connectivity index is 1.79. The summed E-state index contributed by atoms with van der Waals surface area (Å²) >= 11 is 3.20. The fourth-order valence-electron chi connectivity index (χ4n) is 3.23. The number of likely N-dealkylation sites (tertiary alicyclic amines) is 1. The molecule has 1 aromatic rings. The topological polar surface area (TPSA) is 20.3 Å². The summed E-state index contributed by atoms with van der Waals surface area (Å²) in [6.07, 6.45) is 3.72. The number of nitrogens with zero attached hydrogens (tertiary/aromatic N) is 1. The van der Waals surface area contributed by atoms with Crippen LogP contribution in [0.3, 0.4) is 0 Å². The SMILES string of the molecule is O=C(c1ccc(Br)cc1F)N1CC2CCCC2C1. The van der Waals surface area contributed by atoms with Crippen molar-refractivity contribution in [1.29, 1.82) is 0 Å². The summed E-state index contributed by atoms with van der Waals surface area (Å²) < 4.78 is 14.4. The maximum atomic E-state index is 13.8. The lowest BCUT2D eigenvalue weighted by atomic mass is 10.0. The lowest BCUT2D eigenvalue weighted by Crippen LogP contribution is -2.30. The highest BCUT2D eigenvalue weighted by Crippen LogP contribution is 2.38. The van der Waals surface area contributed by atoms with Crippen LogP contribution in [0.5, 0.6) is 0 Å². The summed E-state index contributed by atoms with van der Waals surface area (Å²) in [6.45, 7) is 1.61. The Bertz CT molecular complexity index is 479. The fraction of sp³-hybridized carbons (Fsp3) is 0.500. The highest BCUT2D eigenvalue weighted by molar-refractivity contribution is 9.10. The number of carbonyl (C=O) groups is 1. The first-order chi connectivity index (χ1) is 8.65. The zero-order chi connectivity index (χ0) is 12.7. The summed E-state index contributed by atoms with van der Waals surface area (Å²) in [5, 5.41) is 0. The van der Waals surface area contributed by atoms with Crippen LogP contribution in [0.2, 0.25) is 0 Å². The predicted octanol–water partition coefficient (Wildman–Crippen LogP) is 3.46. The summed E-state index contributed by atoms with van der Waals surface area (Å²) in [5.41, 5.74) is 0.193. The molecule has 0 bridgehead atoms. The number of hydrogen-bond acceptors (Lipinski definition) is 1. The van der Waals surface area contributed by atoms with Gasteiger partial charge in [-0.25, -0.2) is 4.39 Å². The Hall–Kier alpha value is -0.900. The smallest absolute Gasteiger partial charge is 0.256 e. The van der Waals surface area contributed by atoms with E-state index in [1.807, 2.05) is 4.90 Å². The summed E-state index contributed by atoms with van der Waals surface area (Å²) in [5.74, 6) is 0.695. The van der Waals surface area contributed by atoms with Crippen LogP contribution in [0.4, 0.5) is 4.39 Å². The van der Waals surface area contributed by atoms with Crippen molar-refractivity contribution in [3.05, 3.63) is 34.1 Å². The van der Waals surface area contributed by atoms with E-state index < -0.39 is 5.82 Å². The fourth-order valence-corrected chi connectivity index (χ4v) is 3.57. The molecule has 1 aliphatic carbocycles. The number of amides is 1. The van der Waals surface area contributed by atoms with Crippen molar-refractivity contribution < 1.29 is 9.18 Å². The molecule has 2 fully saturated rings. The molecule has 1 amide bonds. The molecule has 2 aliphatic rings. The van der Waals surface area contributed by atoms with E-state index in [-0.39, 0.29) is 11.5 Å². The highest BCUT2D eigenvalue weighted by Gasteiger charge is 2.38. The van der Waals surface area contributed by atoms with Crippen molar-refractivity contribution in [3.63, 3.8) is 0 Å². The monoisotopic (exact) mass is 311 g/mol. The first kappa shape index (κ1) is 12.2. The molecule has 0 N–H and O–H groups in total. The lowest BCUT2D eigenvalue weighted by Gasteiger charge is -2.17. The Kier molecular flexibility index (Phi) is 3.14. The molecule has 1 saturated heterocycles. The van der Waals surface area contributed by atoms with E-state index in [2.05, 4.69) is 15.9 Å².